The van der Waals surface area contributed by atoms with E-state index in [0.29, 0.717) is 17.6 Å². The van der Waals surface area contributed by atoms with E-state index in [2.05, 4.69) is 44.3 Å². The van der Waals surface area contributed by atoms with Crippen LogP contribution in [0.15, 0.2) is 6.33 Å². The highest BCUT2D eigenvalue weighted by atomic mass is 15.2. The van der Waals surface area contributed by atoms with Crippen molar-refractivity contribution in [2.75, 3.05) is 6.54 Å². The SMILES string of the molecule is CC(C)c1nc(-c2ncn[nH]2)nc2c1CNCC2. The van der Waals surface area contributed by atoms with Gasteiger partial charge in [-0.3, -0.25) is 5.10 Å². The highest BCUT2D eigenvalue weighted by Crippen LogP contribution is 2.24. The van der Waals surface area contributed by atoms with Crippen LogP contribution in [0.25, 0.3) is 11.6 Å². The van der Waals surface area contributed by atoms with Gasteiger partial charge in [0.2, 0.25) is 0 Å². The van der Waals surface area contributed by atoms with Crippen molar-refractivity contribution in [1.82, 2.24) is 30.5 Å². The molecule has 0 aromatic carbocycles. The summed E-state index contributed by atoms with van der Waals surface area (Å²) in [5.74, 6) is 1.67. The number of nitrogens with one attached hydrogen (secondary N) is 2. The first-order valence-electron chi connectivity index (χ1n) is 6.22. The Labute approximate surface area is 105 Å². The predicted molar refractivity (Wildman–Crippen MR) is 66.9 cm³/mol. The largest absolute Gasteiger partial charge is 0.312 e. The maximum atomic E-state index is 4.64. The van der Waals surface area contributed by atoms with Crippen LogP contribution >= 0.6 is 0 Å². The van der Waals surface area contributed by atoms with Gasteiger partial charge >= 0.3 is 0 Å². The summed E-state index contributed by atoms with van der Waals surface area (Å²) in [5.41, 5.74) is 3.50. The lowest BCUT2D eigenvalue weighted by Gasteiger charge is -2.21. The van der Waals surface area contributed by atoms with Crippen LogP contribution in [0.3, 0.4) is 0 Å². The van der Waals surface area contributed by atoms with Crippen molar-refractivity contribution < 1.29 is 0 Å². The second kappa shape index (κ2) is 4.45. The van der Waals surface area contributed by atoms with E-state index < -0.39 is 0 Å². The summed E-state index contributed by atoms with van der Waals surface area (Å²) in [5, 5.41) is 10.1. The highest BCUT2D eigenvalue weighted by Gasteiger charge is 2.20. The standard InChI is InChI=1S/C12H16N6/c1-7(2)10-8-5-13-4-3-9(8)16-12(17-10)11-14-6-15-18-11/h6-7,13H,3-5H2,1-2H3,(H,14,15,18). The minimum Gasteiger partial charge on any atom is -0.312 e. The second-order valence-electron chi connectivity index (χ2n) is 4.77. The van der Waals surface area contributed by atoms with E-state index in [1.807, 2.05) is 0 Å². The van der Waals surface area contributed by atoms with Crippen molar-refractivity contribution >= 4 is 0 Å². The van der Waals surface area contributed by atoms with Crippen molar-refractivity contribution in [2.45, 2.75) is 32.7 Å². The third-order valence-corrected chi connectivity index (χ3v) is 3.14. The smallest absolute Gasteiger partial charge is 0.197 e. The summed E-state index contributed by atoms with van der Waals surface area (Å²) >= 11 is 0. The molecule has 2 aromatic heterocycles. The summed E-state index contributed by atoms with van der Waals surface area (Å²) < 4.78 is 0. The van der Waals surface area contributed by atoms with E-state index in [4.69, 9.17) is 0 Å². The molecule has 18 heavy (non-hydrogen) atoms. The highest BCUT2D eigenvalue weighted by molar-refractivity contribution is 5.45. The van der Waals surface area contributed by atoms with Gasteiger partial charge in [0.25, 0.3) is 0 Å². The lowest BCUT2D eigenvalue weighted by Crippen LogP contribution is -2.27. The van der Waals surface area contributed by atoms with E-state index in [0.717, 1.165) is 30.9 Å². The van der Waals surface area contributed by atoms with E-state index in [-0.39, 0.29) is 0 Å². The molecule has 6 heteroatoms. The molecule has 1 aliphatic heterocycles. The molecule has 94 valence electrons. The average molecular weight is 244 g/mol. The zero-order chi connectivity index (χ0) is 12.5. The van der Waals surface area contributed by atoms with Gasteiger partial charge in [-0.15, -0.1) is 0 Å². The molecule has 0 spiro atoms. The lowest BCUT2D eigenvalue weighted by molar-refractivity contribution is 0.609. The fraction of sp³-hybridized carbons (Fsp3) is 0.500. The maximum absolute atomic E-state index is 4.64. The van der Waals surface area contributed by atoms with Crippen LogP contribution in [0.4, 0.5) is 0 Å². The molecule has 0 bridgehead atoms. The Hall–Kier alpha value is -1.82. The van der Waals surface area contributed by atoms with Gasteiger partial charge in [-0.1, -0.05) is 13.8 Å². The van der Waals surface area contributed by atoms with Gasteiger partial charge in [0, 0.05) is 25.1 Å². The molecule has 2 aromatic rings. The van der Waals surface area contributed by atoms with Gasteiger partial charge < -0.3 is 5.32 Å². The van der Waals surface area contributed by atoms with Gasteiger partial charge in [0.1, 0.15) is 6.33 Å². The number of hydrogen-bond donors (Lipinski definition) is 2. The Bertz CT molecular complexity index is 546. The molecular weight excluding hydrogens is 228 g/mol. The quantitative estimate of drug-likeness (QED) is 0.825. The van der Waals surface area contributed by atoms with Gasteiger partial charge in [-0.2, -0.15) is 5.10 Å². The van der Waals surface area contributed by atoms with Crippen LogP contribution in [-0.4, -0.2) is 31.7 Å². The molecule has 0 amide bonds. The summed E-state index contributed by atoms with van der Waals surface area (Å²) in [6, 6.07) is 0. The van der Waals surface area contributed by atoms with Crippen molar-refractivity contribution in [3.63, 3.8) is 0 Å². The summed E-state index contributed by atoms with van der Waals surface area (Å²) in [6.07, 6.45) is 2.42. The molecular formula is C12H16N6. The van der Waals surface area contributed by atoms with Crippen LogP contribution in [0.1, 0.15) is 36.7 Å². The Morgan fingerprint density at radius 3 is 2.89 bits per heavy atom. The third-order valence-electron chi connectivity index (χ3n) is 3.14. The molecule has 0 unspecified atom stereocenters. The Morgan fingerprint density at radius 1 is 1.28 bits per heavy atom. The lowest BCUT2D eigenvalue weighted by atomic mass is 9.98. The predicted octanol–water partition coefficient (Wildman–Crippen LogP) is 1.03. The Morgan fingerprint density at radius 2 is 2.17 bits per heavy atom. The first kappa shape index (κ1) is 11.3. The number of hydrogen-bond acceptors (Lipinski definition) is 5. The summed E-state index contributed by atoms with van der Waals surface area (Å²) in [6.45, 7) is 6.14. The molecule has 0 aliphatic carbocycles. The van der Waals surface area contributed by atoms with E-state index in [1.165, 1.54) is 11.9 Å². The van der Waals surface area contributed by atoms with Gasteiger partial charge in [-0.25, -0.2) is 15.0 Å². The van der Waals surface area contributed by atoms with Crippen LogP contribution in [-0.2, 0) is 13.0 Å². The van der Waals surface area contributed by atoms with Crippen LogP contribution in [0.2, 0.25) is 0 Å². The number of nitrogens with zero attached hydrogens (tertiary/aromatic N) is 4. The molecule has 0 fully saturated rings. The van der Waals surface area contributed by atoms with Gasteiger partial charge in [-0.05, 0) is 5.92 Å². The van der Waals surface area contributed by atoms with Gasteiger partial charge in [0.15, 0.2) is 11.6 Å². The Kier molecular flexibility index (Phi) is 2.79. The van der Waals surface area contributed by atoms with Crippen LogP contribution in [0.5, 0.6) is 0 Å². The molecule has 3 heterocycles. The summed E-state index contributed by atoms with van der Waals surface area (Å²) in [4.78, 5) is 13.4. The molecule has 0 radical (unpaired) electrons. The number of fused-ring (bicyclic) bond motifs is 1. The normalized spacial score (nSPS) is 14.8. The topological polar surface area (TPSA) is 79.4 Å². The van der Waals surface area contributed by atoms with Gasteiger partial charge in [0.05, 0.1) is 11.4 Å². The fourth-order valence-corrected chi connectivity index (χ4v) is 2.27. The third kappa shape index (κ3) is 1.88. The fourth-order valence-electron chi connectivity index (χ4n) is 2.27. The van der Waals surface area contributed by atoms with Crippen molar-refractivity contribution in [3.8, 4) is 11.6 Å². The zero-order valence-electron chi connectivity index (χ0n) is 10.6. The minimum atomic E-state index is 0.378. The number of rotatable bonds is 2. The average Bonchev–Trinajstić information content (AvgIpc) is 2.91. The molecule has 2 N–H and O–H groups in total. The monoisotopic (exact) mass is 244 g/mol. The van der Waals surface area contributed by atoms with E-state index >= 15 is 0 Å². The minimum absolute atomic E-state index is 0.378. The number of aromatic nitrogens is 5. The molecule has 0 atom stereocenters. The van der Waals surface area contributed by atoms with Crippen molar-refractivity contribution in [2.24, 2.45) is 0 Å². The van der Waals surface area contributed by atoms with Crippen molar-refractivity contribution in [1.29, 1.82) is 0 Å². The summed E-state index contributed by atoms with van der Waals surface area (Å²) in [7, 11) is 0. The zero-order valence-corrected chi connectivity index (χ0v) is 10.6. The van der Waals surface area contributed by atoms with Crippen molar-refractivity contribution in [3.05, 3.63) is 23.3 Å². The Balaban J connectivity index is 2.15. The van der Waals surface area contributed by atoms with E-state index in [9.17, 15) is 0 Å². The van der Waals surface area contributed by atoms with Crippen LogP contribution < -0.4 is 5.32 Å². The van der Waals surface area contributed by atoms with Crippen LogP contribution in [0, 0.1) is 0 Å². The second-order valence-corrected chi connectivity index (χ2v) is 4.77. The molecule has 1 aliphatic rings. The molecule has 0 saturated carbocycles. The molecule has 0 saturated heterocycles. The molecule has 3 rings (SSSR count). The maximum Gasteiger partial charge on any atom is 0.197 e. The first-order chi connectivity index (χ1) is 8.75. The molecule has 6 nitrogen and oxygen atoms in total. The number of H-pyrrole nitrogens is 1. The number of aromatic amines is 1. The first-order valence-corrected chi connectivity index (χ1v) is 6.22. The van der Waals surface area contributed by atoms with E-state index in [1.54, 1.807) is 0 Å².